The van der Waals surface area contributed by atoms with Crippen LogP contribution in [0.25, 0.3) is 5.69 Å². The second kappa shape index (κ2) is 7.25. The Hall–Kier alpha value is -3.74. The molecule has 0 spiro atoms. The fraction of sp³-hybridized carbons (Fsp3) is 0.100. The number of aliphatic imine (C=N–C) groups is 1. The van der Waals surface area contributed by atoms with Crippen LogP contribution >= 0.6 is 0 Å². The highest BCUT2D eigenvalue weighted by molar-refractivity contribution is 5.92. The lowest BCUT2D eigenvalue weighted by molar-refractivity contribution is -0.384. The molecule has 136 valence electrons. The molecule has 7 nitrogen and oxygen atoms in total. The summed E-state index contributed by atoms with van der Waals surface area (Å²) in [6, 6.07) is 14.8. The number of nitro benzene ring substituents is 1. The molecule has 0 radical (unpaired) electrons. The predicted octanol–water partition coefficient (Wildman–Crippen LogP) is 4.45. The van der Waals surface area contributed by atoms with E-state index in [9.17, 15) is 20.0 Å². The van der Waals surface area contributed by atoms with Gasteiger partial charge in [0.05, 0.1) is 21.9 Å². The largest absolute Gasteiger partial charge is 0.478 e. The number of non-ortho nitro benzene ring substituents is 1. The average Bonchev–Trinajstić information content (AvgIpc) is 2.93. The van der Waals surface area contributed by atoms with Crippen molar-refractivity contribution in [1.29, 1.82) is 0 Å². The van der Waals surface area contributed by atoms with Gasteiger partial charge in [0.1, 0.15) is 0 Å². The van der Waals surface area contributed by atoms with Gasteiger partial charge in [0.15, 0.2) is 0 Å². The topological polar surface area (TPSA) is 97.7 Å². The zero-order chi connectivity index (χ0) is 19.6. The molecule has 0 saturated heterocycles. The fourth-order valence-corrected chi connectivity index (χ4v) is 2.97. The highest BCUT2D eigenvalue weighted by atomic mass is 16.6. The maximum atomic E-state index is 11.5. The van der Waals surface area contributed by atoms with Crippen LogP contribution in [0.1, 0.15) is 27.3 Å². The summed E-state index contributed by atoms with van der Waals surface area (Å²) in [6.45, 7) is 3.76. The first-order valence-corrected chi connectivity index (χ1v) is 8.18. The van der Waals surface area contributed by atoms with Gasteiger partial charge in [-0.15, -0.1) is 0 Å². The van der Waals surface area contributed by atoms with E-state index < -0.39 is 10.9 Å². The van der Waals surface area contributed by atoms with Crippen molar-refractivity contribution in [2.24, 2.45) is 4.99 Å². The summed E-state index contributed by atoms with van der Waals surface area (Å²) in [7, 11) is 0. The van der Waals surface area contributed by atoms with Crippen LogP contribution < -0.4 is 0 Å². The molecule has 0 aliphatic rings. The van der Waals surface area contributed by atoms with Crippen molar-refractivity contribution < 1.29 is 14.8 Å². The van der Waals surface area contributed by atoms with Crippen LogP contribution in [-0.2, 0) is 0 Å². The van der Waals surface area contributed by atoms with E-state index in [1.54, 1.807) is 42.6 Å². The van der Waals surface area contributed by atoms with Gasteiger partial charge in [0, 0.05) is 35.3 Å². The molecule has 0 aliphatic carbocycles. The van der Waals surface area contributed by atoms with Crippen LogP contribution in [0.4, 0.5) is 11.4 Å². The number of hydrogen-bond donors (Lipinski definition) is 1. The molecule has 0 unspecified atom stereocenters. The number of para-hydroxylation sites is 1. The van der Waals surface area contributed by atoms with Gasteiger partial charge in [-0.2, -0.15) is 0 Å². The number of rotatable bonds is 5. The zero-order valence-electron chi connectivity index (χ0n) is 14.8. The standard InChI is InChI=1S/C20H17N3O4/c1-13-10-15(12-21-16-6-5-7-17(11-16)23(26)27)14(2)22(13)19-9-4-3-8-18(19)20(24)25/h3-12H,1-2H3,(H,24,25). The van der Waals surface area contributed by atoms with E-state index in [4.69, 9.17) is 0 Å². The summed E-state index contributed by atoms with van der Waals surface area (Å²) in [5, 5.41) is 20.3. The lowest BCUT2D eigenvalue weighted by Crippen LogP contribution is -2.07. The monoisotopic (exact) mass is 363 g/mol. The molecule has 0 bridgehead atoms. The summed E-state index contributed by atoms with van der Waals surface area (Å²) < 4.78 is 1.86. The van der Waals surface area contributed by atoms with Crippen LogP contribution in [0, 0.1) is 24.0 Å². The minimum atomic E-state index is -0.995. The highest BCUT2D eigenvalue weighted by Crippen LogP contribution is 2.24. The molecular formula is C20H17N3O4. The van der Waals surface area contributed by atoms with E-state index in [-0.39, 0.29) is 11.3 Å². The molecule has 2 aromatic carbocycles. The maximum Gasteiger partial charge on any atom is 0.337 e. The molecule has 0 amide bonds. The molecule has 0 atom stereocenters. The smallest absolute Gasteiger partial charge is 0.337 e. The second-order valence-electron chi connectivity index (χ2n) is 6.02. The zero-order valence-corrected chi connectivity index (χ0v) is 14.8. The normalized spacial score (nSPS) is 11.0. The Bertz CT molecular complexity index is 1070. The maximum absolute atomic E-state index is 11.5. The molecule has 3 rings (SSSR count). The number of benzene rings is 2. The van der Waals surface area contributed by atoms with Gasteiger partial charge in [-0.25, -0.2) is 4.79 Å². The van der Waals surface area contributed by atoms with E-state index in [2.05, 4.69) is 4.99 Å². The van der Waals surface area contributed by atoms with Gasteiger partial charge in [-0.1, -0.05) is 18.2 Å². The number of hydrogen-bond acceptors (Lipinski definition) is 4. The number of nitrogens with zero attached hydrogens (tertiary/aromatic N) is 3. The number of aromatic nitrogens is 1. The Balaban J connectivity index is 2.01. The Morgan fingerprint density at radius 2 is 1.89 bits per heavy atom. The van der Waals surface area contributed by atoms with E-state index in [0.29, 0.717) is 11.4 Å². The first kappa shape index (κ1) is 18.1. The van der Waals surface area contributed by atoms with Gasteiger partial charge >= 0.3 is 5.97 Å². The van der Waals surface area contributed by atoms with Crippen LogP contribution in [0.15, 0.2) is 59.6 Å². The lowest BCUT2D eigenvalue weighted by atomic mass is 10.1. The Morgan fingerprint density at radius 3 is 2.59 bits per heavy atom. The highest BCUT2D eigenvalue weighted by Gasteiger charge is 2.16. The van der Waals surface area contributed by atoms with E-state index in [0.717, 1.165) is 17.0 Å². The van der Waals surface area contributed by atoms with Crippen molar-refractivity contribution in [2.45, 2.75) is 13.8 Å². The van der Waals surface area contributed by atoms with Crippen LogP contribution in [0.5, 0.6) is 0 Å². The lowest BCUT2D eigenvalue weighted by Gasteiger charge is -2.12. The predicted molar refractivity (Wildman–Crippen MR) is 103 cm³/mol. The Labute approximate surface area is 155 Å². The van der Waals surface area contributed by atoms with E-state index in [1.165, 1.54) is 12.1 Å². The van der Waals surface area contributed by atoms with E-state index in [1.807, 2.05) is 24.5 Å². The number of aryl methyl sites for hydroxylation is 1. The molecular weight excluding hydrogens is 346 g/mol. The third-order valence-corrected chi connectivity index (χ3v) is 4.24. The minimum absolute atomic E-state index is 0.0227. The van der Waals surface area contributed by atoms with Gasteiger partial charge in [0.2, 0.25) is 0 Å². The molecule has 3 aromatic rings. The van der Waals surface area contributed by atoms with Crippen LogP contribution in [0.2, 0.25) is 0 Å². The summed E-state index contributed by atoms with van der Waals surface area (Å²) in [4.78, 5) is 26.3. The molecule has 1 N–H and O–H groups in total. The van der Waals surface area contributed by atoms with Crippen molar-refractivity contribution in [3.05, 3.63) is 87.2 Å². The third kappa shape index (κ3) is 3.62. The van der Waals surface area contributed by atoms with Crippen LogP contribution in [-0.4, -0.2) is 26.8 Å². The van der Waals surface area contributed by atoms with Gasteiger partial charge in [-0.3, -0.25) is 15.1 Å². The first-order valence-electron chi connectivity index (χ1n) is 8.18. The van der Waals surface area contributed by atoms with Crippen molar-refractivity contribution in [3.8, 4) is 5.69 Å². The van der Waals surface area contributed by atoms with Crippen LogP contribution in [0.3, 0.4) is 0 Å². The minimum Gasteiger partial charge on any atom is -0.478 e. The fourth-order valence-electron chi connectivity index (χ4n) is 2.97. The number of carboxylic acids is 1. The van der Waals surface area contributed by atoms with Gasteiger partial charge in [-0.05, 0) is 38.1 Å². The molecule has 27 heavy (non-hydrogen) atoms. The quantitative estimate of drug-likeness (QED) is 0.411. The van der Waals surface area contributed by atoms with Gasteiger partial charge in [0.25, 0.3) is 5.69 Å². The SMILES string of the molecule is Cc1cc(C=Nc2cccc([N+](=O)[O-])c2)c(C)n1-c1ccccc1C(=O)O. The van der Waals surface area contributed by atoms with Crippen molar-refractivity contribution >= 4 is 23.6 Å². The summed E-state index contributed by atoms with van der Waals surface area (Å²) >= 11 is 0. The molecule has 0 aliphatic heterocycles. The molecule has 7 heteroatoms. The first-order chi connectivity index (χ1) is 12.9. The summed E-state index contributed by atoms with van der Waals surface area (Å²) in [5.41, 5.74) is 3.73. The van der Waals surface area contributed by atoms with Crippen molar-refractivity contribution in [2.75, 3.05) is 0 Å². The second-order valence-corrected chi connectivity index (χ2v) is 6.02. The molecule has 1 heterocycles. The molecule has 1 aromatic heterocycles. The Morgan fingerprint density at radius 1 is 1.15 bits per heavy atom. The average molecular weight is 363 g/mol. The number of carbonyl (C=O) groups is 1. The molecule has 0 fully saturated rings. The molecule has 0 saturated carbocycles. The third-order valence-electron chi connectivity index (χ3n) is 4.24. The number of nitro groups is 1. The Kier molecular flexibility index (Phi) is 4.85. The summed E-state index contributed by atoms with van der Waals surface area (Å²) in [6.07, 6.45) is 1.63. The number of aromatic carboxylic acids is 1. The van der Waals surface area contributed by atoms with Gasteiger partial charge < -0.3 is 9.67 Å². The van der Waals surface area contributed by atoms with Crippen molar-refractivity contribution in [1.82, 2.24) is 4.57 Å². The van der Waals surface area contributed by atoms with Crippen molar-refractivity contribution in [3.63, 3.8) is 0 Å². The van der Waals surface area contributed by atoms with E-state index >= 15 is 0 Å². The summed E-state index contributed by atoms with van der Waals surface area (Å²) in [5.74, 6) is -0.995. The number of carboxylic acid groups (broad SMARTS) is 1.